The maximum atomic E-state index is 11.6. The third kappa shape index (κ3) is 2.98. The minimum absolute atomic E-state index is 0.245. The van der Waals surface area contributed by atoms with E-state index in [9.17, 15) is 14.4 Å². The predicted octanol–water partition coefficient (Wildman–Crippen LogP) is 1.47. The van der Waals surface area contributed by atoms with E-state index < -0.39 is 24.4 Å². The summed E-state index contributed by atoms with van der Waals surface area (Å²) in [6.45, 7) is 0.638. The summed E-state index contributed by atoms with van der Waals surface area (Å²) in [5, 5.41) is 0.599. The van der Waals surface area contributed by atoms with Crippen molar-refractivity contribution in [3.63, 3.8) is 0 Å². The Hall–Kier alpha value is -2.63. The molecule has 0 aliphatic heterocycles. The molecule has 0 saturated heterocycles. The Kier molecular flexibility index (Phi) is 3.61. The minimum atomic E-state index is -0.902. The molecule has 0 bridgehead atoms. The summed E-state index contributed by atoms with van der Waals surface area (Å²) in [6, 6.07) is 8.14. The van der Waals surface area contributed by atoms with E-state index in [0.717, 1.165) is 0 Å². The molecule has 6 nitrogen and oxygen atoms in total. The second-order valence-electron chi connectivity index (χ2n) is 3.67. The van der Waals surface area contributed by atoms with E-state index in [1.165, 1.54) is 13.0 Å². The van der Waals surface area contributed by atoms with E-state index in [1.54, 1.807) is 24.3 Å². The van der Waals surface area contributed by atoms with Crippen LogP contribution in [-0.4, -0.2) is 18.7 Å². The fourth-order valence-corrected chi connectivity index (χ4v) is 1.45. The van der Waals surface area contributed by atoms with Gasteiger partial charge in [-0.3, -0.25) is 4.79 Å². The van der Waals surface area contributed by atoms with Crippen LogP contribution in [0.3, 0.4) is 0 Å². The van der Waals surface area contributed by atoms with E-state index >= 15 is 0 Å². The summed E-state index contributed by atoms with van der Waals surface area (Å²) in [5.74, 6) is -1.49. The van der Waals surface area contributed by atoms with Crippen molar-refractivity contribution in [2.45, 2.75) is 6.92 Å². The van der Waals surface area contributed by atoms with E-state index in [4.69, 9.17) is 4.42 Å². The van der Waals surface area contributed by atoms with E-state index in [2.05, 4.69) is 9.47 Å². The molecule has 0 radical (unpaired) electrons. The molecular weight excluding hydrogens is 252 g/mol. The first-order valence-corrected chi connectivity index (χ1v) is 5.41. The van der Waals surface area contributed by atoms with Gasteiger partial charge in [-0.15, -0.1) is 0 Å². The first kappa shape index (κ1) is 12.8. The zero-order chi connectivity index (χ0) is 13.8. The van der Waals surface area contributed by atoms with Crippen LogP contribution >= 0.6 is 0 Å². The van der Waals surface area contributed by atoms with Crippen molar-refractivity contribution in [1.82, 2.24) is 0 Å². The molecule has 1 aromatic heterocycles. The minimum Gasteiger partial charge on any atom is -0.428 e. The number of ether oxygens (including phenoxy) is 2. The lowest BCUT2D eigenvalue weighted by molar-refractivity contribution is -0.149. The molecular formula is C13H10O6. The average molecular weight is 262 g/mol. The second-order valence-corrected chi connectivity index (χ2v) is 3.67. The molecule has 1 heterocycles. The number of hydrogen-bond donors (Lipinski definition) is 0. The Morgan fingerprint density at radius 2 is 1.95 bits per heavy atom. The maximum Gasteiger partial charge on any atom is 0.351 e. The Bertz CT molecular complexity index is 685. The van der Waals surface area contributed by atoms with Gasteiger partial charge in [0.25, 0.3) is 0 Å². The molecule has 0 atom stereocenters. The van der Waals surface area contributed by atoms with Gasteiger partial charge in [-0.1, -0.05) is 18.2 Å². The van der Waals surface area contributed by atoms with Crippen LogP contribution < -0.4 is 5.63 Å². The fourth-order valence-electron chi connectivity index (χ4n) is 1.45. The highest BCUT2D eigenvalue weighted by molar-refractivity contribution is 5.92. The van der Waals surface area contributed by atoms with Gasteiger partial charge < -0.3 is 13.9 Å². The molecule has 1 aromatic carbocycles. The van der Waals surface area contributed by atoms with E-state index in [0.29, 0.717) is 11.0 Å². The first-order chi connectivity index (χ1) is 9.08. The molecule has 0 unspecified atom stereocenters. The number of para-hydroxylation sites is 1. The molecule has 0 spiro atoms. The van der Waals surface area contributed by atoms with Crippen molar-refractivity contribution in [3.05, 3.63) is 46.3 Å². The Morgan fingerprint density at radius 1 is 1.21 bits per heavy atom. The van der Waals surface area contributed by atoms with Gasteiger partial charge in [0.2, 0.25) is 6.79 Å². The number of carbonyl (C=O) groups is 2. The highest BCUT2D eigenvalue weighted by Gasteiger charge is 2.15. The summed E-state index contributed by atoms with van der Waals surface area (Å²) in [5.41, 5.74) is -0.665. The third-order valence-electron chi connectivity index (χ3n) is 2.31. The summed E-state index contributed by atoms with van der Waals surface area (Å²) < 4.78 is 14.1. The van der Waals surface area contributed by atoms with E-state index in [1.807, 2.05) is 0 Å². The molecule has 0 aliphatic carbocycles. The highest BCUT2D eigenvalue weighted by atomic mass is 16.7. The predicted molar refractivity (Wildman–Crippen MR) is 64.5 cm³/mol. The Morgan fingerprint density at radius 3 is 2.68 bits per heavy atom. The lowest BCUT2D eigenvalue weighted by atomic mass is 10.2. The van der Waals surface area contributed by atoms with Gasteiger partial charge in [0.05, 0.1) is 0 Å². The second kappa shape index (κ2) is 5.34. The molecule has 2 rings (SSSR count). The number of hydrogen-bond acceptors (Lipinski definition) is 6. The average Bonchev–Trinajstić information content (AvgIpc) is 2.37. The zero-order valence-corrected chi connectivity index (χ0v) is 10.0. The zero-order valence-electron chi connectivity index (χ0n) is 10.0. The largest absolute Gasteiger partial charge is 0.428 e. The smallest absolute Gasteiger partial charge is 0.351 e. The Labute approximate surface area is 107 Å². The monoisotopic (exact) mass is 262 g/mol. The number of carbonyl (C=O) groups excluding carboxylic acids is 2. The molecule has 98 valence electrons. The van der Waals surface area contributed by atoms with Gasteiger partial charge in [-0.05, 0) is 12.1 Å². The van der Waals surface area contributed by atoms with Gasteiger partial charge in [0.1, 0.15) is 11.1 Å². The van der Waals surface area contributed by atoms with Crippen molar-refractivity contribution in [2.24, 2.45) is 0 Å². The molecule has 0 saturated carbocycles. The van der Waals surface area contributed by atoms with Crippen LogP contribution in [0.4, 0.5) is 0 Å². The number of esters is 2. The maximum absolute atomic E-state index is 11.6. The quantitative estimate of drug-likeness (QED) is 0.473. The molecule has 0 fully saturated rings. The highest BCUT2D eigenvalue weighted by Crippen LogP contribution is 2.12. The molecule has 2 aromatic rings. The molecule has 0 amide bonds. The van der Waals surface area contributed by atoms with Gasteiger partial charge in [0, 0.05) is 12.3 Å². The van der Waals surface area contributed by atoms with Crippen molar-refractivity contribution in [1.29, 1.82) is 0 Å². The van der Waals surface area contributed by atoms with Gasteiger partial charge in [-0.2, -0.15) is 0 Å². The third-order valence-corrected chi connectivity index (χ3v) is 2.31. The summed E-state index contributed by atoms with van der Waals surface area (Å²) in [7, 11) is 0. The van der Waals surface area contributed by atoms with Crippen LogP contribution in [0.5, 0.6) is 0 Å². The lowest BCUT2D eigenvalue weighted by Gasteiger charge is -2.04. The van der Waals surface area contributed by atoms with Crippen molar-refractivity contribution in [3.8, 4) is 0 Å². The van der Waals surface area contributed by atoms with Crippen LogP contribution in [0.15, 0.2) is 39.5 Å². The van der Waals surface area contributed by atoms with E-state index in [-0.39, 0.29) is 5.56 Å². The van der Waals surface area contributed by atoms with Crippen molar-refractivity contribution >= 4 is 22.9 Å². The standard InChI is InChI=1S/C13H10O6/c1-8(14)17-7-18-12(15)10-6-9-4-2-3-5-11(9)19-13(10)16/h2-6H,7H2,1H3. The first-order valence-electron chi connectivity index (χ1n) is 5.41. The van der Waals surface area contributed by atoms with Crippen molar-refractivity contribution in [2.75, 3.05) is 6.79 Å². The number of rotatable bonds is 3. The number of benzene rings is 1. The van der Waals surface area contributed by atoms with Crippen LogP contribution in [0.25, 0.3) is 11.0 Å². The van der Waals surface area contributed by atoms with Gasteiger partial charge >= 0.3 is 17.6 Å². The topological polar surface area (TPSA) is 82.8 Å². The summed E-state index contributed by atoms with van der Waals surface area (Å²) in [6.07, 6.45) is 0. The van der Waals surface area contributed by atoms with Crippen molar-refractivity contribution < 1.29 is 23.5 Å². The van der Waals surface area contributed by atoms with Crippen LogP contribution in [-0.2, 0) is 14.3 Å². The molecule has 0 aliphatic rings. The Balaban J connectivity index is 2.24. The van der Waals surface area contributed by atoms with Gasteiger partial charge in [0.15, 0.2) is 0 Å². The molecule has 19 heavy (non-hydrogen) atoms. The summed E-state index contributed by atoms with van der Waals surface area (Å²) >= 11 is 0. The van der Waals surface area contributed by atoms with Crippen LogP contribution in [0.1, 0.15) is 17.3 Å². The molecule has 6 heteroatoms. The van der Waals surface area contributed by atoms with Gasteiger partial charge in [-0.25, -0.2) is 9.59 Å². The summed E-state index contributed by atoms with van der Waals surface area (Å²) in [4.78, 5) is 33.7. The normalized spacial score (nSPS) is 10.2. The molecule has 0 N–H and O–H groups in total. The fraction of sp³-hybridized carbons (Fsp3) is 0.154. The SMILES string of the molecule is CC(=O)OCOC(=O)c1cc2ccccc2oc1=O. The van der Waals surface area contributed by atoms with Crippen LogP contribution in [0, 0.1) is 0 Å². The lowest BCUT2D eigenvalue weighted by Crippen LogP contribution is -2.18. The number of fused-ring (bicyclic) bond motifs is 1. The van der Waals surface area contributed by atoms with Crippen LogP contribution in [0.2, 0.25) is 0 Å².